The van der Waals surface area contributed by atoms with Crippen LogP contribution in [-0.4, -0.2) is 38.0 Å². The van der Waals surface area contributed by atoms with Crippen LogP contribution in [0, 0.1) is 0 Å². The number of alkyl halides is 1. The van der Waals surface area contributed by atoms with E-state index in [1.54, 1.807) is 12.1 Å². The molecule has 0 atom stereocenters. The van der Waals surface area contributed by atoms with Crippen LogP contribution in [0.4, 0.5) is 0 Å². The molecule has 1 saturated heterocycles. The highest BCUT2D eigenvalue weighted by molar-refractivity contribution is 9.08. The van der Waals surface area contributed by atoms with Gasteiger partial charge in [-0.05, 0) is 31.5 Å². The average molecular weight is 348 g/mol. The Morgan fingerprint density at radius 1 is 1.32 bits per heavy atom. The van der Waals surface area contributed by atoms with Crippen LogP contribution in [-0.2, 0) is 20.1 Å². The SMILES string of the molecule is CC1(C)CN(S(=O)(=O)c2ccc(CBr)cc2)CCO1. The second-order valence-electron chi connectivity index (χ2n) is 5.22. The lowest BCUT2D eigenvalue weighted by Gasteiger charge is -2.37. The van der Waals surface area contributed by atoms with Crippen LogP contribution in [0.15, 0.2) is 29.2 Å². The van der Waals surface area contributed by atoms with Gasteiger partial charge in [0.15, 0.2) is 0 Å². The third-order valence-corrected chi connectivity index (χ3v) is 5.61. The summed E-state index contributed by atoms with van der Waals surface area (Å²) in [5, 5.41) is 0.720. The number of nitrogens with zero attached hydrogens (tertiary/aromatic N) is 1. The lowest BCUT2D eigenvalue weighted by Crippen LogP contribution is -2.50. The first-order chi connectivity index (χ1) is 8.85. The van der Waals surface area contributed by atoms with Crippen LogP contribution in [0.3, 0.4) is 0 Å². The Hall–Kier alpha value is -0.430. The molecule has 1 aromatic rings. The van der Waals surface area contributed by atoms with Gasteiger partial charge in [0.25, 0.3) is 0 Å². The van der Waals surface area contributed by atoms with Gasteiger partial charge in [-0.2, -0.15) is 4.31 Å². The van der Waals surface area contributed by atoms with E-state index in [0.717, 1.165) is 10.9 Å². The summed E-state index contributed by atoms with van der Waals surface area (Å²) >= 11 is 3.35. The van der Waals surface area contributed by atoms with Crippen LogP contribution >= 0.6 is 15.9 Å². The van der Waals surface area contributed by atoms with Crippen LogP contribution in [0.5, 0.6) is 0 Å². The molecule has 0 aromatic heterocycles. The van der Waals surface area contributed by atoms with E-state index >= 15 is 0 Å². The molecule has 0 aliphatic carbocycles. The quantitative estimate of drug-likeness (QED) is 0.788. The molecule has 19 heavy (non-hydrogen) atoms. The van der Waals surface area contributed by atoms with Crippen molar-refractivity contribution in [2.75, 3.05) is 19.7 Å². The molecule has 1 aliphatic rings. The molecule has 2 rings (SSSR count). The summed E-state index contributed by atoms with van der Waals surface area (Å²) in [5.41, 5.74) is 0.627. The highest BCUT2D eigenvalue weighted by Gasteiger charge is 2.34. The Balaban J connectivity index is 2.26. The first-order valence-corrected chi connectivity index (χ1v) is 8.70. The number of morpholine rings is 1. The van der Waals surface area contributed by atoms with Gasteiger partial charge in [-0.3, -0.25) is 0 Å². The fourth-order valence-corrected chi connectivity index (χ4v) is 4.03. The fraction of sp³-hybridized carbons (Fsp3) is 0.538. The molecule has 4 nitrogen and oxygen atoms in total. The van der Waals surface area contributed by atoms with Gasteiger partial charge in [0, 0.05) is 18.4 Å². The van der Waals surface area contributed by atoms with Gasteiger partial charge in [-0.15, -0.1) is 0 Å². The summed E-state index contributed by atoms with van der Waals surface area (Å²) in [6.07, 6.45) is 0. The van der Waals surface area contributed by atoms with E-state index in [1.165, 1.54) is 4.31 Å². The third kappa shape index (κ3) is 3.37. The first-order valence-electron chi connectivity index (χ1n) is 6.14. The highest BCUT2D eigenvalue weighted by atomic mass is 79.9. The van der Waals surface area contributed by atoms with Gasteiger partial charge in [0.05, 0.1) is 17.1 Å². The smallest absolute Gasteiger partial charge is 0.243 e. The van der Waals surface area contributed by atoms with E-state index in [1.807, 2.05) is 26.0 Å². The molecule has 0 saturated carbocycles. The van der Waals surface area contributed by atoms with Crippen LogP contribution in [0.25, 0.3) is 0 Å². The minimum absolute atomic E-state index is 0.343. The Morgan fingerprint density at radius 3 is 2.47 bits per heavy atom. The Labute approximate surface area is 122 Å². The zero-order valence-corrected chi connectivity index (χ0v) is 13.5. The van der Waals surface area contributed by atoms with Gasteiger partial charge in [-0.1, -0.05) is 28.1 Å². The first kappa shape index (κ1) is 15.0. The number of hydrogen-bond donors (Lipinski definition) is 0. The molecule has 1 fully saturated rings. The molecule has 0 spiro atoms. The van der Waals surface area contributed by atoms with Crippen molar-refractivity contribution in [2.24, 2.45) is 0 Å². The number of sulfonamides is 1. The summed E-state index contributed by atoms with van der Waals surface area (Å²) in [6, 6.07) is 6.98. The van der Waals surface area contributed by atoms with E-state index < -0.39 is 15.6 Å². The van der Waals surface area contributed by atoms with Crippen molar-refractivity contribution in [1.29, 1.82) is 0 Å². The molecule has 106 valence electrons. The number of ether oxygens (including phenoxy) is 1. The molecule has 0 bridgehead atoms. The number of benzene rings is 1. The van der Waals surface area contributed by atoms with Crippen LogP contribution < -0.4 is 0 Å². The fourth-order valence-electron chi connectivity index (χ4n) is 2.08. The maximum absolute atomic E-state index is 12.5. The predicted molar refractivity (Wildman–Crippen MR) is 77.9 cm³/mol. The topological polar surface area (TPSA) is 46.6 Å². The maximum atomic E-state index is 12.5. The normalized spacial score (nSPS) is 20.4. The van der Waals surface area contributed by atoms with Crippen LogP contribution in [0.1, 0.15) is 19.4 Å². The number of halogens is 1. The highest BCUT2D eigenvalue weighted by Crippen LogP contribution is 2.24. The van der Waals surface area contributed by atoms with Crippen molar-refractivity contribution in [1.82, 2.24) is 4.31 Å². The molecule has 1 aromatic carbocycles. The minimum Gasteiger partial charge on any atom is -0.373 e. The molecule has 0 radical (unpaired) electrons. The second-order valence-corrected chi connectivity index (χ2v) is 7.72. The largest absolute Gasteiger partial charge is 0.373 e. The zero-order valence-electron chi connectivity index (χ0n) is 11.1. The molecule has 1 aliphatic heterocycles. The van der Waals surface area contributed by atoms with E-state index in [0.29, 0.717) is 24.6 Å². The molecular formula is C13H18BrNO3S. The minimum atomic E-state index is -3.42. The Bertz CT molecular complexity index is 540. The molecular weight excluding hydrogens is 330 g/mol. The summed E-state index contributed by atoms with van der Waals surface area (Å²) in [5.74, 6) is 0. The number of hydrogen-bond acceptors (Lipinski definition) is 3. The summed E-state index contributed by atoms with van der Waals surface area (Å²) < 4.78 is 32.1. The molecule has 1 heterocycles. The third-order valence-electron chi connectivity index (χ3n) is 3.11. The van der Waals surface area contributed by atoms with Crippen molar-refractivity contribution in [3.05, 3.63) is 29.8 Å². The lowest BCUT2D eigenvalue weighted by molar-refractivity contribution is -0.0640. The molecule has 0 N–H and O–H groups in total. The van der Waals surface area contributed by atoms with Crippen molar-refractivity contribution in [3.8, 4) is 0 Å². The van der Waals surface area contributed by atoms with E-state index in [2.05, 4.69) is 15.9 Å². The average Bonchev–Trinajstić information content (AvgIpc) is 2.37. The summed E-state index contributed by atoms with van der Waals surface area (Å²) in [4.78, 5) is 0.343. The second kappa shape index (κ2) is 5.52. The van der Waals surface area contributed by atoms with Crippen molar-refractivity contribution >= 4 is 26.0 Å². The van der Waals surface area contributed by atoms with E-state index in [4.69, 9.17) is 4.74 Å². The maximum Gasteiger partial charge on any atom is 0.243 e. The molecule has 6 heteroatoms. The zero-order chi connectivity index (χ0) is 14.1. The van der Waals surface area contributed by atoms with Gasteiger partial charge in [0.2, 0.25) is 10.0 Å². The van der Waals surface area contributed by atoms with Gasteiger partial charge < -0.3 is 4.74 Å². The van der Waals surface area contributed by atoms with Gasteiger partial charge in [0.1, 0.15) is 0 Å². The summed E-state index contributed by atoms with van der Waals surface area (Å²) in [7, 11) is -3.42. The molecule has 0 amide bonds. The molecule has 0 unspecified atom stereocenters. The van der Waals surface area contributed by atoms with Crippen molar-refractivity contribution in [2.45, 2.75) is 29.7 Å². The van der Waals surface area contributed by atoms with E-state index in [9.17, 15) is 8.42 Å². The lowest BCUT2D eigenvalue weighted by atomic mass is 10.1. The van der Waals surface area contributed by atoms with E-state index in [-0.39, 0.29) is 0 Å². The standard InChI is InChI=1S/C13H18BrNO3S/c1-13(2)10-15(7-8-18-13)19(16,17)12-5-3-11(9-14)4-6-12/h3-6H,7-10H2,1-2H3. The van der Waals surface area contributed by atoms with Crippen molar-refractivity contribution < 1.29 is 13.2 Å². The van der Waals surface area contributed by atoms with Crippen LogP contribution in [0.2, 0.25) is 0 Å². The van der Waals surface area contributed by atoms with Gasteiger partial charge >= 0.3 is 0 Å². The van der Waals surface area contributed by atoms with Gasteiger partial charge in [-0.25, -0.2) is 8.42 Å². The summed E-state index contributed by atoms with van der Waals surface area (Å²) in [6.45, 7) is 5.04. The monoisotopic (exact) mass is 347 g/mol. The Morgan fingerprint density at radius 2 is 1.95 bits per heavy atom. The van der Waals surface area contributed by atoms with Crippen molar-refractivity contribution in [3.63, 3.8) is 0 Å². The Kier molecular flexibility index (Phi) is 4.35. The predicted octanol–water partition coefficient (Wildman–Crippen LogP) is 2.38. The number of rotatable bonds is 3.